The zero-order valence-electron chi connectivity index (χ0n) is 8.37. The summed E-state index contributed by atoms with van der Waals surface area (Å²) in [5.74, 6) is 2.97. The first kappa shape index (κ1) is 9.86. The maximum atomic E-state index is 9.57. The van der Waals surface area contributed by atoms with Gasteiger partial charge in [0.2, 0.25) is 0 Å². The van der Waals surface area contributed by atoms with Gasteiger partial charge in [0.05, 0.1) is 5.02 Å². The molecule has 1 N–H and O–H groups in total. The lowest BCUT2D eigenvalue weighted by Crippen LogP contribution is -2.09. The Balaban J connectivity index is 2.05. The molecule has 1 aromatic carbocycles. The number of thioether (sulfide) groups is 1. The number of hydrogen-bond acceptors (Lipinski definition) is 2. The standard InChI is InChI=1S/C12H13ClOS/c13-10-5-9-8(7-1-2-7)3-4-15-12(9)6-11(10)14/h5-8,14H,1-4H2. The maximum absolute atomic E-state index is 9.57. The van der Waals surface area contributed by atoms with Gasteiger partial charge in [0.1, 0.15) is 5.75 Å². The number of phenolic OH excluding ortho intramolecular Hbond substituents is 1. The fourth-order valence-electron chi connectivity index (χ4n) is 2.41. The van der Waals surface area contributed by atoms with Crippen LogP contribution >= 0.6 is 23.4 Å². The number of phenols is 1. The lowest BCUT2D eigenvalue weighted by Gasteiger charge is -2.25. The van der Waals surface area contributed by atoms with Crippen LogP contribution < -0.4 is 0 Å². The number of hydrogen-bond donors (Lipinski definition) is 1. The summed E-state index contributed by atoms with van der Waals surface area (Å²) in [6.45, 7) is 0. The van der Waals surface area contributed by atoms with E-state index in [4.69, 9.17) is 11.6 Å². The third-order valence-corrected chi connectivity index (χ3v) is 4.76. The van der Waals surface area contributed by atoms with Crippen LogP contribution in [0.2, 0.25) is 5.02 Å². The largest absolute Gasteiger partial charge is 0.506 e. The van der Waals surface area contributed by atoms with E-state index in [1.54, 1.807) is 0 Å². The van der Waals surface area contributed by atoms with Crippen molar-refractivity contribution in [3.63, 3.8) is 0 Å². The van der Waals surface area contributed by atoms with Crippen molar-refractivity contribution >= 4 is 23.4 Å². The SMILES string of the molecule is Oc1cc2c(cc1Cl)C(C1CC1)CCS2. The van der Waals surface area contributed by atoms with E-state index in [-0.39, 0.29) is 5.75 Å². The summed E-state index contributed by atoms with van der Waals surface area (Å²) in [5, 5.41) is 10.1. The second kappa shape index (κ2) is 3.60. The topological polar surface area (TPSA) is 20.2 Å². The average Bonchev–Trinajstić information content (AvgIpc) is 3.02. The van der Waals surface area contributed by atoms with Gasteiger partial charge in [-0.3, -0.25) is 0 Å². The van der Waals surface area contributed by atoms with E-state index >= 15 is 0 Å². The first-order chi connectivity index (χ1) is 7.25. The van der Waals surface area contributed by atoms with Gasteiger partial charge in [-0.25, -0.2) is 0 Å². The molecule has 80 valence electrons. The van der Waals surface area contributed by atoms with Crippen molar-refractivity contribution in [1.29, 1.82) is 0 Å². The van der Waals surface area contributed by atoms with Crippen LogP contribution in [0.15, 0.2) is 17.0 Å². The van der Waals surface area contributed by atoms with Gasteiger partial charge < -0.3 is 5.11 Å². The van der Waals surface area contributed by atoms with E-state index in [0.717, 1.165) is 5.92 Å². The highest BCUT2D eigenvalue weighted by Crippen LogP contribution is 2.51. The highest BCUT2D eigenvalue weighted by molar-refractivity contribution is 7.99. The molecule has 1 aliphatic heterocycles. The van der Waals surface area contributed by atoms with Gasteiger partial charge in [-0.1, -0.05) is 11.6 Å². The number of aromatic hydroxyl groups is 1. The Morgan fingerprint density at radius 3 is 2.80 bits per heavy atom. The minimum absolute atomic E-state index is 0.222. The van der Waals surface area contributed by atoms with Crippen molar-refractivity contribution in [1.82, 2.24) is 0 Å². The summed E-state index contributed by atoms with van der Waals surface area (Å²) in [7, 11) is 0. The van der Waals surface area contributed by atoms with E-state index in [2.05, 4.69) is 0 Å². The van der Waals surface area contributed by atoms with E-state index in [1.165, 1.54) is 35.5 Å². The van der Waals surface area contributed by atoms with Gasteiger partial charge in [0.25, 0.3) is 0 Å². The van der Waals surface area contributed by atoms with Crippen molar-refractivity contribution < 1.29 is 5.11 Å². The minimum Gasteiger partial charge on any atom is -0.506 e. The predicted octanol–water partition coefficient (Wildman–Crippen LogP) is 4.04. The lowest BCUT2D eigenvalue weighted by atomic mass is 9.91. The first-order valence-corrected chi connectivity index (χ1v) is 6.77. The van der Waals surface area contributed by atoms with Crippen LogP contribution in [0.5, 0.6) is 5.75 Å². The van der Waals surface area contributed by atoms with Crippen LogP contribution in [0.4, 0.5) is 0 Å². The molecule has 15 heavy (non-hydrogen) atoms. The Morgan fingerprint density at radius 2 is 2.07 bits per heavy atom. The molecule has 0 amide bonds. The first-order valence-electron chi connectivity index (χ1n) is 5.41. The summed E-state index contributed by atoms with van der Waals surface area (Å²) >= 11 is 7.82. The molecule has 1 aliphatic carbocycles. The second-order valence-electron chi connectivity index (χ2n) is 4.42. The molecule has 1 nitrogen and oxygen atoms in total. The Kier molecular flexibility index (Phi) is 2.37. The van der Waals surface area contributed by atoms with E-state index < -0.39 is 0 Å². The Labute approximate surface area is 98.8 Å². The molecule has 0 saturated heterocycles. The van der Waals surface area contributed by atoms with Gasteiger partial charge in [-0.2, -0.15) is 0 Å². The molecule has 1 fully saturated rings. The molecule has 1 unspecified atom stereocenters. The van der Waals surface area contributed by atoms with Crippen molar-refractivity contribution in [2.45, 2.75) is 30.1 Å². The molecule has 2 aliphatic rings. The molecule has 0 radical (unpaired) electrons. The average molecular weight is 241 g/mol. The Bertz CT molecular complexity index is 401. The fourth-order valence-corrected chi connectivity index (χ4v) is 3.75. The molecule has 0 bridgehead atoms. The highest BCUT2D eigenvalue weighted by atomic mass is 35.5. The van der Waals surface area contributed by atoms with Crippen LogP contribution in [0.3, 0.4) is 0 Å². The zero-order chi connectivity index (χ0) is 10.4. The van der Waals surface area contributed by atoms with Gasteiger partial charge in [-0.05, 0) is 54.5 Å². The fraction of sp³-hybridized carbons (Fsp3) is 0.500. The normalized spacial score (nSPS) is 25.0. The van der Waals surface area contributed by atoms with E-state index in [9.17, 15) is 5.11 Å². The van der Waals surface area contributed by atoms with Crippen molar-refractivity contribution in [3.05, 3.63) is 22.7 Å². The second-order valence-corrected chi connectivity index (χ2v) is 5.97. The molecular formula is C12H13ClOS. The van der Waals surface area contributed by atoms with Crippen LogP contribution in [0.25, 0.3) is 0 Å². The molecule has 1 saturated carbocycles. The summed E-state index contributed by atoms with van der Waals surface area (Å²) in [5.41, 5.74) is 1.37. The summed E-state index contributed by atoms with van der Waals surface area (Å²) in [6, 6.07) is 3.80. The number of rotatable bonds is 1. The number of fused-ring (bicyclic) bond motifs is 1. The van der Waals surface area contributed by atoms with Gasteiger partial charge in [0.15, 0.2) is 0 Å². The monoisotopic (exact) mass is 240 g/mol. The molecule has 0 spiro atoms. The van der Waals surface area contributed by atoms with Crippen LogP contribution in [0.1, 0.15) is 30.7 Å². The van der Waals surface area contributed by atoms with E-state index in [0.29, 0.717) is 10.9 Å². The summed E-state index contributed by atoms with van der Waals surface area (Å²) < 4.78 is 0. The summed E-state index contributed by atoms with van der Waals surface area (Å²) in [6.07, 6.45) is 4.00. The zero-order valence-corrected chi connectivity index (χ0v) is 9.94. The third kappa shape index (κ3) is 1.74. The molecule has 3 heteroatoms. The quantitative estimate of drug-likeness (QED) is 0.800. The number of benzene rings is 1. The smallest absolute Gasteiger partial charge is 0.135 e. The van der Waals surface area contributed by atoms with Crippen molar-refractivity contribution in [2.75, 3.05) is 5.75 Å². The Morgan fingerprint density at radius 1 is 1.27 bits per heavy atom. The van der Waals surface area contributed by atoms with Crippen molar-refractivity contribution in [2.24, 2.45) is 5.92 Å². The Hall–Kier alpha value is -0.340. The van der Waals surface area contributed by atoms with Crippen LogP contribution in [-0.4, -0.2) is 10.9 Å². The molecule has 3 rings (SSSR count). The van der Waals surface area contributed by atoms with E-state index in [1.807, 2.05) is 23.9 Å². The highest BCUT2D eigenvalue weighted by Gasteiger charge is 2.35. The van der Waals surface area contributed by atoms with Crippen molar-refractivity contribution in [3.8, 4) is 5.75 Å². The van der Waals surface area contributed by atoms with Gasteiger partial charge in [0, 0.05) is 4.90 Å². The predicted molar refractivity (Wildman–Crippen MR) is 63.9 cm³/mol. The number of halogens is 1. The molecular weight excluding hydrogens is 228 g/mol. The minimum atomic E-state index is 0.222. The molecule has 1 atom stereocenters. The van der Waals surface area contributed by atoms with Gasteiger partial charge >= 0.3 is 0 Å². The molecule has 1 aromatic rings. The van der Waals surface area contributed by atoms with Crippen LogP contribution in [-0.2, 0) is 0 Å². The maximum Gasteiger partial charge on any atom is 0.135 e. The van der Waals surface area contributed by atoms with Crippen LogP contribution in [0, 0.1) is 5.92 Å². The molecule has 0 aromatic heterocycles. The summed E-state index contributed by atoms with van der Waals surface area (Å²) in [4.78, 5) is 1.24. The third-order valence-electron chi connectivity index (χ3n) is 3.36. The lowest BCUT2D eigenvalue weighted by molar-refractivity contribution is 0.472. The van der Waals surface area contributed by atoms with Gasteiger partial charge in [-0.15, -0.1) is 11.8 Å². The molecule has 1 heterocycles.